The van der Waals surface area contributed by atoms with Crippen molar-refractivity contribution in [3.05, 3.63) is 47.5 Å². The standard InChI is InChI=1S/C25H40O3/c1-5-6-7-8-9-10-11-12-13-19-27-21-23-16-14-15-22(20-23)17-18-24(26)28-25(2,3)4/h12-16,20H,5-11,17-19,21H2,1-4H3. The highest BCUT2D eigenvalue weighted by Gasteiger charge is 2.15. The van der Waals surface area contributed by atoms with Crippen LogP contribution in [0.5, 0.6) is 0 Å². The van der Waals surface area contributed by atoms with E-state index in [0.29, 0.717) is 26.1 Å². The maximum absolute atomic E-state index is 11.8. The molecular formula is C25H40O3. The molecule has 0 saturated carbocycles. The second-order valence-electron chi connectivity index (χ2n) is 8.45. The van der Waals surface area contributed by atoms with Crippen LogP contribution in [0.25, 0.3) is 0 Å². The first-order chi connectivity index (χ1) is 13.4. The fourth-order valence-corrected chi connectivity index (χ4v) is 2.99. The maximum atomic E-state index is 11.8. The van der Waals surface area contributed by atoms with Crippen molar-refractivity contribution in [1.29, 1.82) is 0 Å². The first kappa shape index (κ1) is 24.4. The number of carbonyl (C=O) groups excluding carboxylic acids is 1. The average molecular weight is 389 g/mol. The molecule has 0 aliphatic heterocycles. The van der Waals surface area contributed by atoms with Crippen LogP contribution in [0.3, 0.4) is 0 Å². The number of allylic oxidation sites excluding steroid dienone is 1. The molecule has 0 aliphatic rings. The Morgan fingerprint density at radius 1 is 1.00 bits per heavy atom. The van der Waals surface area contributed by atoms with Crippen LogP contribution in [0, 0.1) is 0 Å². The zero-order chi connectivity index (χ0) is 20.7. The second-order valence-corrected chi connectivity index (χ2v) is 8.45. The molecule has 0 N–H and O–H groups in total. The van der Waals surface area contributed by atoms with Crippen LogP contribution in [-0.4, -0.2) is 18.2 Å². The second kappa shape index (κ2) is 14.4. The summed E-state index contributed by atoms with van der Waals surface area (Å²) in [5, 5.41) is 0. The number of unbranched alkanes of at least 4 members (excludes halogenated alkanes) is 6. The quantitative estimate of drug-likeness (QED) is 0.200. The zero-order valence-electron chi connectivity index (χ0n) is 18.5. The van der Waals surface area contributed by atoms with Crippen LogP contribution >= 0.6 is 0 Å². The number of aryl methyl sites for hydroxylation is 1. The number of ether oxygens (including phenoxy) is 2. The van der Waals surface area contributed by atoms with E-state index in [9.17, 15) is 4.79 Å². The molecule has 0 aromatic heterocycles. The minimum atomic E-state index is -0.421. The van der Waals surface area contributed by atoms with Crippen molar-refractivity contribution in [3.63, 3.8) is 0 Å². The number of esters is 1. The lowest BCUT2D eigenvalue weighted by Crippen LogP contribution is -2.24. The molecule has 0 bridgehead atoms. The monoisotopic (exact) mass is 388 g/mol. The number of rotatable bonds is 14. The molecule has 0 heterocycles. The summed E-state index contributed by atoms with van der Waals surface area (Å²) in [6.45, 7) is 9.18. The Morgan fingerprint density at radius 3 is 2.46 bits per heavy atom. The first-order valence-corrected chi connectivity index (χ1v) is 10.9. The summed E-state index contributed by atoms with van der Waals surface area (Å²) in [7, 11) is 0. The van der Waals surface area contributed by atoms with E-state index in [1.54, 1.807) is 0 Å². The first-order valence-electron chi connectivity index (χ1n) is 10.9. The lowest BCUT2D eigenvalue weighted by Gasteiger charge is -2.19. The third kappa shape index (κ3) is 13.5. The molecule has 0 amide bonds. The Kier molecular flexibility index (Phi) is 12.6. The van der Waals surface area contributed by atoms with E-state index < -0.39 is 5.60 Å². The summed E-state index contributed by atoms with van der Waals surface area (Å²) in [4.78, 5) is 11.8. The molecule has 28 heavy (non-hydrogen) atoms. The minimum Gasteiger partial charge on any atom is -0.460 e. The molecule has 158 valence electrons. The molecule has 0 spiro atoms. The van der Waals surface area contributed by atoms with E-state index in [4.69, 9.17) is 9.47 Å². The lowest BCUT2D eigenvalue weighted by atomic mass is 10.1. The predicted molar refractivity (Wildman–Crippen MR) is 117 cm³/mol. The Bertz CT molecular complexity index is 569. The maximum Gasteiger partial charge on any atom is 0.306 e. The van der Waals surface area contributed by atoms with Gasteiger partial charge < -0.3 is 9.47 Å². The summed E-state index contributed by atoms with van der Waals surface area (Å²) in [6, 6.07) is 8.26. The molecule has 0 fully saturated rings. The van der Waals surface area contributed by atoms with Gasteiger partial charge in [-0.2, -0.15) is 0 Å². The van der Waals surface area contributed by atoms with Gasteiger partial charge in [0.05, 0.1) is 13.2 Å². The summed E-state index contributed by atoms with van der Waals surface area (Å²) in [5.74, 6) is -0.148. The molecule has 1 aromatic carbocycles. The number of hydrogen-bond donors (Lipinski definition) is 0. The SMILES string of the molecule is CCCCCCCCC=CCOCc1cccc(CCC(=O)OC(C)(C)C)c1. The van der Waals surface area contributed by atoms with Crippen LogP contribution < -0.4 is 0 Å². The van der Waals surface area contributed by atoms with Crippen molar-refractivity contribution in [3.8, 4) is 0 Å². The van der Waals surface area contributed by atoms with E-state index in [1.165, 1.54) is 38.5 Å². The third-order valence-electron chi connectivity index (χ3n) is 4.40. The Balaban J connectivity index is 2.18. The smallest absolute Gasteiger partial charge is 0.306 e. The largest absolute Gasteiger partial charge is 0.460 e. The van der Waals surface area contributed by atoms with Gasteiger partial charge in [0.15, 0.2) is 0 Å². The van der Waals surface area contributed by atoms with E-state index >= 15 is 0 Å². The topological polar surface area (TPSA) is 35.5 Å². The highest BCUT2D eigenvalue weighted by atomic mass is 16.6. The normalized spacial score (nSPS) is 11.9. The van der Waals surface area contributed by atoms with Gasteiger partial charge in [-0.05, 0) is 51.2 Å². The number of benzene rings is 1. The van der Waals surface area contributed by atoms with Crippen LogP contribution in [0.15, 0.2) is 36.4 Å². The van der Waals surface area contributed by atoms with E-state index in [1.807, 2.05) is 32.9 Å². The molecule has 3 heteroatoms. The van der Waals surface area contributed by atoms with Crippen LogP contribution in [0.2, 0.25) is 0 Å². The summed E-state index contributed by atoms with van der Waals surface area (Å²) >= 11 is 0. The Morgan fingerprint density at radius 2 is 1.71 bits per heavy atom. The molecular weight excluding hydrogens is 348 g/mol. The van der Waals surface area contributed by atoms with Gasteiger partial charge in [0.2, 0.25) is 0 Å². The van der Waals surface area contributed by atoms with Gasteiger partial charge in [0.1, 0.15) is 5.60 Å². The van der Waals surface area contributed by atoms with Crippen molar-refractivity contribution >= 4 is 5.97 Å². The van der Waals surface area contributed by atoms with Gasteiger partial charge >= 0.3 is 5.97 Å². The predicted octanol–water partition coefficient (Wildman–Crippen LogP) is 6.78. The van der Waals surface area contributed by atoms with Gasteiger partial charge in [-0.3, -0.25) is 4.79 Å². The summed E-state index contributed by atoms with van der Waals surface area (Å²) < 4.78 is 11.1. The highest BCUT2D eigenvalue weighted by molar-refractivity contribution is 5.70. The Hall–Kier alpha value is -1.61. The van der Waals surface area contributed by atoms with Crippen LogP contribution in [0.1, 0.15) is 90.2 Å². The van der Waals surface area contributed by atoms with Crippen molar-refractivity contribution in [2.75, 3.05) is 6.61 Å². The number of carbonyl (C=O) groups is 1. The van der Waals surface area contributed by atoms with Gasteiger partial charge in [-0.25, -0.2) is 0 Å². The molecule has 1 aromatic rings. The number of hydrogen-bond acceptors (Lipinski definition) is 3. The minimum absolute atomic E-state index is 0.148. The average Bonchev–Trinajstić information content (AvgIpc) is 2.63. The fraction of sp³-hybridized carbons (Fsp3) is 0.640. The molecule has 0 radical (unpaired) electrons. The molecule has 0 aliphatic carbocycles. The van der Waals surface area contributed by atoms with Gasteiger partial charge in [0.25, 0.3) is 0 Å². The van der Waals surface area contributed by atoms with E-state index in [-0.39, 0.29) is 5.97 Å². The molecule has 0 saturated heterocycles. The fourth-order valence-electron chi connectivity index (χ4n) is 2.99. The summed E-state index contributed by atoms with van der Waals surface area (Å²) in [6.07, 6.45) is 14.6. The zero-order valence-corrected chi connectivity index (χ0v) is 18.5. The lowest BCUT2D eigenvalue weighted by molar-refractivity contribution is -0.154. The van der Waals surface area contributed by atoms with E-state index in [2.05, 4.69) is 31.2 Å². The van der Waals surface area contributed by atoms with Crippen molar-refractivity contribution in [1.82, 2.24) is 0 Å². The molecule has 0 atom stereocenters. The molecule has 3 nitrogen and oxygen atoms in total. The van der Waals surface area contributed by atoms with Crippen molar-refractivity contribution in [2.45, 2.75) is 97.7 Å². The van der Waals surface area contributed by atoms with E-state index in [0.717, 1.165) is 17.5 Å². The Labute approximate surface area is 172 Å². The highest BCUT2D eigenvalue weighted by Crippen LogP contribution is 2.13. The van der Waals surface area contributed by atoms with Gasteiger partial charge in [0, 0.05) is 6.42 Å². The summed E-state index contributed by atoms with van der Waals surface area (Å²) in [5.41, 5.74) is 1.87. The van der Waals surface area contributed by atoms with Crippen molar-refractivity contribution < 1.29 is 14.3 Å². The van der Waals surface area contributed by atoms with Crippen LogP contribution in [-0.2, 0) is 27.3 Å². The third-order valence-corrected chi connectivity index (χ3v) is 4.40. The van der Waals surface area contributed by atoms with Gasteiger partial charge in [-0.15, -0.1) is 0 Å². The van der Waals surface area contributed by atoms with Crippen molar-refractivity contribution in [2.24, 2.45) is 0 Å². The molecule has 1 rings (SSSR count). The molecule has 0 unspecified atom stereocenters. The van der Waals surface area contributed by atoms with Crippen LogP contribution in [0.4, 0.5) is 0 Å². The van der Waals surface area contributed by atoms with Gasteiger partial charge in [-0.1, -0.05) is 75.4 Å².